The fourth-order valence-corrected chi connectivity index (χ4v) is 2.46. The Hall–Kier alpha value is -2.37. The van der Waals surface area contributed by atoms with Crippen LogP contribution in [0.4, 0.5) is 5.69 Å². The van der Waals surface area contributed by atoms with Crippen molar-refractivity contribution in [1.82, 2.24) is 10.6 Å². The second-order valence-electron chi connectivity index (χ2n) is 5.68. The van der Waals surface area contributed by atoms with E-state index < -0.39 is 6.04 Å². The van der Waals surface area contributed by atoms with Gasteiger partial charge in [-0.25, -0.2) is 0 Å². The molecule has 0 radical (unpaired) electrons. The van der Waals surface area contributed by atoms with Crippen LogP contribution in [0.1, 0.15) is 43.5 Å². The van der Waals surface area contributed by atoms with E-state index in [9.17, 15) is 14.4 Å². The van der Waals surface area contributed by atoms with Gasteiger partial charge in [-0.2, -0.15) is 0 Å². The monoisotopic (exact) mass is 317 g/mol. The van der Waals surface area contributed by atoms with Crippen LogP contribution in [0.2, 0.25) is 0 Å². The summed E-state index contributed by atoms with van der Waals surface area (Å²) in [5, 5.41) is 5.41. The number of benzene rings is 1. The maximum absolute atomic E-state index is 12.2. The topological polar surface area (TPSA) is 78.5 Å². The number of anilines is 1. The number of hydrogen-bond donors (Lipinski definition) is 2. The third-order valence-electron chi connectivity index (χ3n) is 3.80. The molecule has 0 aliphatic carbocycles. The summed E-state index contributed by atoms with van der Waals surface area (Å²) in [7, 11) is 0. The van der Waals surface area contributed by atoms with Gasteiger partial charge in [0.1, 0.15) is 6.04 Å². The molecule has 0 saturated carbocycles. The minimum atomic E-state index is -0.589. The van der Waals surface area contributed by atoms with E-state index in [0.29, 0.717) is 18.5 Å². The van der Waals surface area contributed by atoms with Crippen molar-refractivity contribution in [2.24, 2.45) is 0 Å². The molecular formula is C17H23N3O3. The quantitative estimate of drug-likeness (QED) is 0.834. The van der Waals surface area contributed by atoms with Crippen LogP contribution in [0.3, 0.4) is 0 Å². The van der Waals surface area contributed by atoms with E-state index in [2.05, 4.69) is 10.6 Å². The summed E-state index contributed by atoms with van der Waals surface area (Å²) in [6, 6.07) is 6.29. The van der Waals surface area contributed by atoms with E-state index in [1.807, 2.05) is 6.92 Å². The Balaban J connectivity index is 1.95. The zero-order valence-electron chi connectivity index (χ0n) is 13.6. The average molecular weight is 317 g/mol. The van der Waals surface area contributed by atoms with Gasteiger partial charge in [0.2, 0.25) is 11.8 Å². The molecule has 0 aromatic heterocycles. The van der Waals surface area contributed by atoms with Gasteiger partial charge in [0.25, 0.3) is 5.91 Å². The molecule has 1 saturated heterocycles. The minimum Gasteiger partial charge on any atom is -0.354 e. The third kappa shape index (κ3) is 4.31. The van der Waals surface area contributed by atoms with Gasteiger partial charge < -0.3 is 15.5 Å². The summed E-state index contributed by atoms with van der Waals surface area (Å²) in [4.78, 5) is 37.3. The molecule has 1 unspecified atom stereocenters. The molecule has 0 bridgehead atoms. The van der Waals surface area contributed by atoms with Gasteiger partial charge in [-0.05, 0) is 44.0 Å². The molecule has 23 heavy (non-hydrogen) atoms. The third-order valence-corrected chi connectivity index (χ3v) is 3.80. The lowest BCUT2D eigenvalue weighted by atomic mass is 10.1. The molecule has 6 heteroatoms. The summed E-state index contributed by atoms with van der Waals surface area (Å²) in [5.41, 5.74) is 1.27. The molecule has 3 amide bonds. The molecule has 6 nitrogen and oxygen atoms in total. The van der Waals surface area contributed by atoms with E-state index in [-0.39, 0.29) is 17.7 Å². The Labute approximate surface area is 136 Å². The van der Waals surface area contributed by atoms with E-state index in [0.717, 1.165) is 25.1 Å². The zero-order chi connectivity index (χ0) is 16.8. The first-order valence-corrected chi connectivity index (χ1v) is 8.02. The Kier molecular flexibility index (Phi) is 5.73. The summed E-state index contributed by atoms with van der Waals surface area (Å²) < 4.78 is 0. The molecule has 124 valence electrons. The van der Waals surface area contributed by atoms with E-state index in [1.54, 1.807) is 36.1 Å². The molecule has 1 atom stereocenters. The van der Waals surface area contributed by atoms with Crippen LogP contribution < -0.4 is 15.5 Å². The standard InChI is InChI=1S/C17H23N3O3/c1-3-10-18-16(22)12(2)19-17(23)13-6-8-14(9-7-13)20-11-4-5-15(20)21/h6-9,12H,3-5,10-11H2,1-2H3,(H,18,22)(H,19,23). The second kappa shape index (κ2) is 7.76. The Morgan fingerprint density at radius 3 is 2.52 bits per heavy atom. The van der Waals surface area contributed by atoms with Crippen LogP contribution in [-0.4, -0.2) is 36.9 Å². The molecule has 1 aliphatic rings. The number of rotatable bonds is 6. The minimum absolute atomic E-state index is 0.114. The normalized spacial score (nSPS) is 15.4. The number of amides is 3. The van der Waals surface area contributed by atoms with Crippen molar-refractivity contribution < 1.29 is 14.4 Å². The van der Waals surface area contributed by atoms with Gasteiger partial charge in [-0.1, -0.05) is 6.92 Å². The van der Waals surface area contributed by atoms with E-state index in [1.165, 1.54) is 0 Å². The molecule has 2 N–H and O–H groups in total. The van der Waals surface area contributed by atoms with Gasteiger partial charge in [0.05, 0.1) is 0 Å². The molecule has 1 aromatic rings. The summed E-state index contributed by atoms with van der Waals surface area (Å²) >= 11 is 0. The van der Waals surface area contributed by atoms with Crippen molar-refractivity contribution >= 4 is 23.4 Å². The molecule has 1 aliphatic heterocycles. The largest absolute Gasteiger partial charge is 0.354 e. The van der Waals surface area contributed by atoms with Gasteiger partial charge in [0, 0.05) is 30.8 Å². The fraction of sp³-hybridized carbons (Fsp3) is 0.471. The number of hydrogen-bond acceptors (Lipinski definition) is 3. The molecule has 2 rings (SSSR count). The lowest BCUT2D eigenvalue weighted by Crippen LogP contribution is -2.45. The molecule has 0 spiro atoms. The predicted molar refractivity (Wildman–Crippen MR) is 88.3 cm³/mol. The number of carbonyl (C=O) groups is 3. The van der Waals surface area contributed by atoms with Crippen LogP contribution >= 0.6 is 0 Å². The van der Waals surface area contributed by atoms with Crippen LogP contribution in [0.15, 0.2) is 24.3 Å². The maximum atomic E-state index is 12.2. The number of nitrogens with zero attached hydrogens (tertiary/aromatic N) is 1. The van der Waals surface area contributed by atoms with Gasteiger partial charge in [-0.15, -0.1) is 0 Å². The summed E-state index contributed by atoms with van der Waals surface area (Å²) in [6.45, 7) is 4.94. The lowest BCUT2D eigenvalue weighted by molar-refractivity contribution is -0.122. The highest BCUT2D eigenvalue weighted by molar-refractivity contribution is 5.99. The molecule has 1 fully saturated rings. The zero-order valence-corrected chi connectivity index (χ0v) is 13.6. The highest BCUT2D eigenvalue weighted by atomic mass is 16.2. The van der Waals surface area contributed by atoms with Crippen molar-refractivity contribution in [3.8, 4) is 0 Å². The first-order valence-electron chi connectivity index (χ1n) is 8.02. The van der Waals surface area contributed by atoms with Crippen molar-refractivity contribution in [3.63, 3.8) is 0 Å². The van der Waals surface area contributed by atoms with Gasteiger partial charge in [-0.3, -0.25) is 14.4 Å². The van der Waals surface area contributed by atoms with E-state index in [4.69, 9.17) is 0 Å². The van der Waals surface area contributed by atoms with Crippen LogP contribution in [0, 0.1) is 0 Å². The van der Waals surface area contributed by atoms with Crippen molar-refractivity contribution in [1.29, 1.82) is 0 Å². The van der Waals surface area contributed by atoms with Crippen LogP contribution in [0.25, 0.3) is 0 Å². The first kappa shape index (κ1) is 17.0. The fourth-order valence-electron chi connectivity index (χ4n) is 2.46. The molecule has 1 heterocycles. The number of carbonyl (C=O) groups excluding carboxylic acids is 3. The van der Waals surface area contributed by atoms with Gasteiger partial charge >= 0.3 is 0 Å². The second-order valence-corrected chi connectivity index (χ2v) is 5.68. The van der Waals surface area contributed by atoms with Crippen molar-refractivity contribution in [2.75, 3.05) is 18.0 Å². The predicted octanol–water partition coefficient (Wildman–Crippen LogP) is 1.46. The SMILES string of the molecule is CCCNC(=O)C(C)NC(=O)c1ccc(N2CCCC2=O)cc1. The summed E-state index contributed by atoms with van der Waals surface area (Å²) in [6.07, 6.45) is 2.29. The van der Waals surface area contributed by atoms with Crippen molar-refractivity contribution in [2.45, 2.75) is 39.2 Å². The smallest absolute Gasteiger partial charge is 0.251 e. The van der Waals surface area contributed by atoms with E-state index >= 15 is 0 Å². The highest BCUT2D eigenvalue weighted by Gasteiger charge is 2.22. The van der Waals surface area contributed by atoms with Crippen molar-refractivity contribution in [3.05, 3.63) is 29.8 Å². The van der Waals surface area contributed by atoms with Gasteiger partial charge in [0.15, 0.2) is 0 Å². The molecule has 1 aromatic carbocycles. The lowest BCUT2D eigenvalue weighted by Gasteiger charge is -2.17. The summed E-state index contributed by atoms with van der Waals surface area (Å²) in [5.74, 6) is -0.383. The average Bonchev–Trinajstić information content (AvgIpc) is 2.98. The highest BCUT2D eigenvalue weighted by Crippen LogP contribution is 2.21. The Morgan fingerprint density at radius 2 is 1.96 bits per heavy atom. The number of nitrogens with one attached hydrogen (secondary N) is 2. The van der Waals surface area contributed by atoms with Crippen LogP contribution in [-0.2, 0) is 9.59 Å². The Bertz CT molecular complexity index is 583. The Morgan fingerprint density at radius 1 is 1.26 bits per heavy atom. The maximum Gasteiger partial charge on any atom is 0.251 e. The molecular weight excluding hydrogens is 294 g/mol. The van der Waals surface area contributed by atoms with Crippen LogP contribution in [0.5, 0.6) is 0 Å². The first-order chi connectivity index (χ1) is 11.0.